The fourth-order valence-electron chi connectivity index (χ4n) is 3.74. The molecule has 1 atom stereocenters. The van der Waals surface area contributed by atoms with Crippen LogP contribution in [-0.4, -0.2) is 41.4 Å². The molecule has 4 heteroatoms. The van der Waals surface area contributed by atoms with E-state index in [2.05, 4.69) is 18.7 Å². The second kappa shape index (κ2) is 11.3. The van der Waals surface area contributed by atoms with Crippen LogP contribution in [0.2, 0.25) is 0 Å². The Kier molecular flexibility index (Phi) is 9.10. The summed E-state index contributed by atoms with van der Waals surface area (Å²) >= 11 is 0. The summed E-state index contributed by atoms with van der Waals surface area (Å²) in [6, 6.07) is 7.19. The fourth-order valence-corrected chi connectivity index (χ4v) is 3.74. The number of rotatable bonds is 10. The summed E-state index contributed by atoms with van der Waals surface area (Å²) in [5.74, 6) is 0.00289. The van der Waals surface area contributed by atoms with Gasteiger partial charge in [0.1, 0.15) is 5.82 Å². The van der Waals surface area contributed by atoms with Crippen molar-refractivity contribution < 1.29 is 9.18 Å². The topological polar surface area (TPSA) is 23.6 Å². The van der Waals surface area contributed by atoms with E-state index in [1.165, 1.54) is 37.9 Å². The summed E-state index contributed by atoms with van der Waals surface area (Å²) in [4.78, 5) is 17.2. The summed E-state index contributed by atoms with van der Waals surface area (Å²) < 4.78 is 13.1. The number of hydrogen-bond donors (Lipinski definition) is 0. The molecule has 1 amide bonds. The monoisotopic (exact) mass is 362 g/mol. The smallest absolute Gasteiger partial charge is 0.222 e. The second-order valence-corrected chi connectivity index (χ2v) is 7.63. The number of benzene rings is 1. The maximum atomic E-state index is 13.1. The van der Waals surface area contributed by atoms with Crippen molar-refractivity contribution in [3.05, 3.63) is 35.6 Å². The number of likely N-dealkylation sites (tertiary alicyclic amines) is 1. The van der Waals surface area contributed by atoms with Crippen LogP contribution >= 0.6 is 0 Å². The van der Waals surface area contributed by atoms with Gasteiger partial charge in [-0.3, -0.25) is 4.79 Å². The Morgan fingerprint density at radius 3 is 2.65 bits per heavy atom. The Labute approximate surface area is 158 Å². The van der Waals surface area contributed by atoms with E-state index >= 15 is 0 Å². The highest BCUT2D eigenvalue weighted by molar-refractivity contribution is 5.76. The minimum absolute atomic E-state index is 0.228. The maximum Gasteiger partial charge on any atom is 0.222 e. The minimum Gasteiger partial charge on any atom is -0.338 e. The molecule has 0 N–H and O–H groups in total. The van der Waals surface area contributed by atoms with Gasteiger partial charge < -0.3 is 9.80 Å². The molecule has 2 rings (SSSR count). The van der Waals surface area contributed by atoms with Crippen LogP contribution in [0.25, 0.3) is 0 Å². The van der Waals surface area contributed by atoms with Gasteiger partial charge in [0, 0.05) is 32.1 Å². The number of carbonyl (C=O) groups is 1. The number of piperidine rings is 1. The van der Waals surface area contributed by atoms with Gasteiger partial charge in [0.25, 0.3) is 0 Å². The lowest BCUT2D eigenvalue weighted by Gasteiger charge is -2.34. The number of halogens is 1. The van der Waals surface area contributed by atoms with Crippen LogP contribution in [0.4, 0.5) is 4.39 Å². The number of amides is 1. The van der Waals surface area contributed by atoms with Crippen molar-refractivity contribution in [2.45, 2.75) is 77.8 Å². The lowest BCUT2D eigenvalue weighted by atomic mass is 10.0. The Balaban J connectivity index is 1.88. The molecule has 0 radical (unpaired) electrons. The molecule has 3 nitrogen and oxygen atoms in total. The molecule has 0 aromatic heterocycles. The molecule has 1 aromatic carbocycles. The first-order valence-corrected chi connectivity index (χ1v) is 10.4. The van der Waals surface area contributed by atoms with Crippen molar-refractivity contribution >= 4 is 5.91 Å². The first kappa shape index (κ1) is 20.9. The number of carbonyl (C=O) groups excluding carboxylic acids is 1. The molecule has 0 bridgehead atoms. The minimum atomic E-state index is -0.228. The summed E-state index contributed by atoms with van der Waals surface area (Å²) in [5, 5.41) is 0. The summed E-state index contributed by atoms with van der Waals surface area (Å²) in [6.45, 7) is 8.07. The number of nitrogens with zero attached hydrogens (tertiary/aromatic N) is 2. The van der Waals surface area contributed by atoms with Gasteiger partial charge in [-0.1, -0.05) is 38.3 Å². The van der Waals surface area contributed by atoms with Crippen molar-refractivity contribution in [2.75, 3.05) is 19.6 Å². The zero-order valence-electron chi connectivity index (χ0n) is 16.6. The summed E-state index contributed by atoms with van der Waals surface area (Å²) in [6.07, 6.45) is 8.72. The molecule has 1 aliphatic rings. The van der Waals surface area contributed by atoms with E-state index in [0.29, 0.717) is 19.0 Å². The summed E-state index contributed by atoms with van der Waals surface area (Å²) in [5.41, 5.74) is 1.00. The Morgan fingerprint density at radius 1 is 1.19 bits per heavy atom. The third-order valence-electron chi connectivity index (χ3n) is 5.45. The van der Waals surface area contributed by atoms with E-state index in [4.69, 9.17) is 0 Å². The standard InChI is InChI=1S/C22H35FN2O/c1-3-4-5-10-22(26)25(18-20-11-13-21(23)14-12-20)17-8-16-24-15-7-6-9-19(24)2/h11-14,19H,3-10,15-18H2,1-2H3. The van der Waals surface area contributed by atoms with Gasteiger partial charge in [-0.05, 0) is 56.8 Å². The van der Waals surface area contributed by atoms with E-state index < -0.39 is 0 Å². The third kappa shape index (κ3) is 7.06. The van der Waals surface area contributed by atoms with E-state index in [1.807, 2.05) is 4.90 Å². The molecule has 26 heavy (non-hydrogen) atoms. The Morgan fingerprint density at radius 2 is 1.96 bits per heavy atom. The van der Waals surface area contributed by atoms with E-state index in [9.17, 15) is 9.18 Å². The van der Waals surface area contributed by atoms with Crippen LogP contribution in [0.3, 0.4) is 0 Å². The molecule has 0 aliphatic carbocycles. The van der Waals surface area contributed by atoms with Crippen LogP contribution in [0.1, 0.15) is 70.8 Å². The van der Waals surface area contributed by atoms with E-state index in [0.717, 1.165) is 44.3 Å². The molecule has 0 saturated carbocycles. The molecule has 0 spiro atoms. The van der Waals surface area contributed by atoms with Crippen molar-refractivity contribution in [3.63, 3.8) is 0 Å². The highest BCUT2D eigenvalue weighted by Crippen LogP contribution is 2.17. The first-order chi connectivity index (χ1) is 12.6. The van der Waals surface area contributed by atoms with Crippen LogP contribution in [0, 0.1) is 5.82 Å². The molecule has 1 saturated heterocycles. The highest BCUT2D eigenvalue weighted by Gasteiger charge is 2.19. The quantitative estimate of drug-likeness (QED) is 0.547. The third-order valence-corrected chi connectivity index (χ3v) is 5.45. The van der Waals surface area contributed by atoms with Gasteiger partial charge in [-0.2, -0.15) is 0 Å². The highest BCUT2D eigenvalue weighted by atomic mass is 19.1. The van der Waals surface area contributed by atoms with Crippen LogP contribution in [0.15, 0.2) is 24.3 Å². The molecular formula is C22H35FN2O. The van der Waals surface area contributed by atoms with Crippen molar-refractivity contribution in [3.8, 4) is 0 Å². The largest absolute Gasteiger partial charge is 0.338 e. The van der Waals surface area contributed by atoms with Gasteiger partial charge in [-0.25, -0.2) is 4.39 Å². The SMILES string of the molecule is CCCCCC(=O)N(CCCN1CCCCC1C)Cc1ccc(F)cc1. The average Bonchev–Trinajstić information content (AvgIpc) is 2.64. The van der Waals surface area contributed by atoms with E-state index in [-0.39, 0.29) is 11.7 Å². The van der Waals surface area contributed by atoms with Gasteiger partial charge in [0.2, 0.25) is 5.91 Å². The van der Waals surface area contributed by atoms with Crippen molar-refractivity contribution in [1.82, 2.24) is 9.80 Å². The second-order valence-electron chi connectivity index (χ2n) is 7.63. The summed E-state index contributed by atoms with van der Waals surface area (Å²) in [7, 11) is 0. The normalized spacial score (nSPS) is 18.0. The molecule has 1 fully saturated rings. The number of unbranched alkanes of at least 4 members (excludes halogenated alkanes) is 2. The van der Waals surface area contributed by atoms with Gasteiger partial charge in [0.15, 0.2) is 0 Å². The number of hydrogen-bond acceptors (Lipinski definition) is 2. The Bertz CT molecular complexity index is 531. The Hall–Kier alpha value is -1.42. The van der Waals surface area contributed by atoms with E-state index in [1.54, 1.807) is 12.1 Å². The lowest BCUT2D eigenvalue weighted by Crippen LogP contribution is -2.40. The molecule has 146 valence electrons. The maximum absolute atomic E-state index is 13.1. The van der Waals surface area contributed by atoms with Gasteiger partial charge >= 0.3 is 0 Å². The van der Waals surface area contributed by atoms with Gasteiger partial charge in [0.05, 0.1) is 0 Å². The average molecular weight is 363 g/mol. The predicted octanol–water partition coefficient (Wildman–Crippen LogP) is 5.00. The van der Waals surface area contributed by atoms with Crippen LogP contribution in [-0.2, 0) is 11.3 Å². The molecule has 1 aromatic rings. The zero-order chi connectivity index (χ0) is 18.8. The van der Waals surface area contributed by atoms with Crippen LogP contribution < -0.4 is 0 Å². The molecule has 1 heterocycles. The lowest BCUT2D eigenvalue weighted by molar-refractivity contribution is -0.132. The van der Waals surface area contributed by atoms with Crippen molar-refractivity contribution in [2.24, 2.45) is 0 Å². The first-order valence-electron chi connectivity index (χ1n) is 10.4. The van der Waals surface area contributed by atoms with Gasteiger partial charge in [-0.15, -0.1) is 0 Å². The molecule has 1 unspecified atom stereocenters. The fraction of sp³-hybridized carbons (Fsp3) is 0.682. The molecular weight excluding hydrogens is 327 g/mol. The molecule has 1 aliphatic heterocycles. The van der Waals surface area contributed by atoms with Crippen LogP contribution in [0.5, 0.6) is 0 Å². The van der Waals surface area contributed by atoms with Crippen molar-refractivity contribution in [1.29, 1.82) is 0 Å². The zero-order valence-corrected chi connectivity index (χ0v) is 16.6. The predicted molar refractivity (Wildman–Crippen MR) is 105 cm³/mol.